The van der Waals surface area contributed by atoms with Gasteiger partial charge in [-0.3, -0.25) is 0 Å². The molecular formula is C18H15F3O2. The van der Waals surface area contributed by atoms with E-state index in [1.807, 2.05) is 30.3 Å². The molecule has 0 heterocycles. The van der Waals surface area contributed by atoms with Crippen molar-refractivity contribution in [1.82, 2.24) is 0 Å². The van der Waals surface area contributed by atoms with Crippen LogP contribution in [0.1, 0.15) is 28.4 Å². The molecule has 0 saturated heterocycles. The van der Waals surface area contributed by atoms with Crippen molar-refractivity contribution in [2.24, 2.45) is 0 Å². The van der Waals surface area contributed by atoms with Gasteiger partial charge >= 0.3 is 6.18 Å². The van der Waals surface area contributed by atoms with Gasteiger partial charge in [-0.15, -0.1) is 0 Å². The fourth-order valence-electron chi connectivity index (χ4n) is 2.93. The van der Waals surface area contributed by atoms with Gasteiger partial charge in [0.2, 0.25) is 0 Å². The maximum atomic E-state index is 13.1. The zero-order chi connectivity index (χ0) is 16.6. The van der Waals surface area contributed by atoms with E-state index in [9.17, 15) is 13.2 Å². The molecule has 23 heavy (non-hydrogen) atoms. The lowest BCUT2D eigenvalue weighted by molar-refractivity contribution is -0.137. The van der Waals surface area contributed by atoms with Crippen LogP contribution in [-0.2, 0) is 15.7 Å². The molecule has 120 valence electrons. The van der Waals surface area contributed by atoms with Gasteiger partial charge in [-0.25, -0.2) is 0 Å². The number of methoxy groups -OCH3 is 2. The Morgan fingerprint density at radius 1 is 0.957 bits per heavy atom. The summed E-state index contributed by atoms with van der Waals surface area (Å²) in [6.07, 6.45) is -4.90. The van der Waals surface area contributed by atoms with Crippen molar-refractivity contribution < 1.29 is 22.6 Å². The Bertz CT molecular complexity index is 749. The Hall–Kier alpha value is -2.27. The first kappa shape index (κ1) is 15.6. The molecule has 0 fully saturated rings. The van der Waals surface area contributed by atoms with E-state index in [-0.39, 0.29) is 0 Å². The molecule has 5 heteroatoms. The lowest BCUT2D eigenvalue weighted by Crippen LogP contribution is -2.07. The summed E-state index contributed by atoms with van der Waals surface area (Å²) in [6.45, 7) is 0. The molecule has 0 saturated carbocycles. The predicted molar refractivity (Wildman–Crippen MR) is 80.7 cm³/mol. The standard InChI is InChI=1S/C18H15F3O2/c1-22-16-13-9-8-12(18(19,20)21)10-14(13)15(17(16)23-2)11-6-4-3-5-7-11/h3-10,16H,1-2H3. The van der Waals surface area contributed by atoms with Crippen LogP contribution in [0.25, 0.3) is 5.57 Å². The summed E-state index contributed by atoms with van der Waals surface area (Å²) in [5.74, 6) is 0.521. The molecule has 3 rings (SSSR count). The molecule has 0 spiro atoms. The maximum Gasteiger partial charge on any atom is 0.416 e. The van der Waals surface area contributed by atoms with Crippen LogP contribution < -0.4 is 0 Å². The second-order valence-corrected chi connectivity index (χ2v) is 5.22. The molecule has 0 amide bonds. The summed E-state index contributed by atoms with van der Waals surface area (Å²) in [4.78, 5) is 0. The highest BCUT2D eigenvalue weighted by Gasteiger charge is 2.37. The van der Waals surface area contributed by atoms with Gasteiger partial charge < -0.3 is 9.47 Å². The van der Waals surface area contributed by atoms with Crippen LogP contribution in [0.5, 0.6) is 0 Å². The van der Waals surface area contributed by atoms with Gasteiger partial charge in [0.25, 0.3) is 0 Å². The van der Waals surface area contributed by atoms with Gasteiger partial charge in [-0.05, 0) is 28.8 Å². The van der Waals surface area contributed by atoms with Crippen LogP contribution in [-0.4, -0.2) is 14.2 Å². The second kappa shape index (κ2) is 5.74. The SMILES string of the molecule is COC1=C(c2ccccc2)c2cc(C(F)(F)F)ccc2C1OC. The van der Waals surface area contributed by atoms with Gasteiger partial charge in [-0.1, -0.05) is 36.4 Å². The van der Waals surface area contributed by atoms with E-state index >= 15 is 0 Å². The number of halogens is 3. The third-order valence-electron chi connectivity index (χ3n) is 3.94. The van der Waals surface area contributed by atoms with Crippen LogP contribution in [0, 0.1) is 0 Å². The largest absolute Gasteiger partial charge is 0.497 e. The van der Waals surface area contributed by atoms with E-state index in [4.69, 9.17) is 9.47 Å². The summed E-state index contributed by atoms with van der Waals surface area (Å²) in [5, 5.41) is 0. The first-order chi connectivity index (χ1) is 11.0. The van der Waals surface area contributed by atoms with Crippen molar-refractivity contribution in [2.75, 3.05) is 14.2 Å². The Morgan fingerprint density at radius 3 is 2.22 bits per heavy atom. The molecule has 1 aliphatic carbocycles. The number of rotatable bonds is 3. The highest BCUT2D eigenvalue weighted by molar-refractivity contribution is 5.87. The van der Waals surface area contributed by atoms with Gasteiger partial charge in [0, 0.05) is 12.7 Å². The van der Waals surface area contributed by atoms with Crippen molar-refractivity contribution >= 4 is 5.57 Å². The Morgan fingerprint density at radius 2 is 1.65 bits per heavy atom. The molecule has 2 nitrogen and oxygen atoms in total. The average Bonchev–Trinajstić information content (AvgIpc) is 2.87. The van der Waals surface area contributed by atoms with Crippen LogP contribution in [0.2, 0.25) is 0 Å². The molecule has 1 unspecified atom stereocenters. The van der Waals surface area contributed by atoms with Crippen molar-refractivity contribution in [1.29, 1.82) is 0 Å². The van der Waals surface area contributed by atoms with Crippen LogP contribution in [0.4, 0.5) is 13.2 Å². The minimum Gasteiger partial charge on any atom is -0.497 e. The summed E-state index contributed by atoms with van der Waals surface area (Å²) < 4.78 is 50.1. The van der Waals surface area contributed by atoms with Crippen molar-refractivity contribution in [3.63, 3.8) is 0 Å². The zero-order valence-corrected chi connectivity index (χ0v) is 12.6. The highest BCUT2D eigenvalue weighted by Crippen LogP contribution is 2.47. The fraction of sp³-hybridized carbons (Fsp3) is 0.222. The quantitative estimate of drug-likeness (QED) is 0.808. The molecule has 2 aromatic carbocycles. The molecule has 0 aromatic heterocycles. The topological polar surface area (TPSA) is 18.5 Å². The van der Waals surface area contributed by atoms with Crippen molar-refractivity contribution in [3.05, 3.63) is 76.5 Å². The summed E-state index contributed by atoms with van der Waals surface area (Å²) in [5.41, 5.74) is 1.92. The van der Waals surface area contributed by atoms with Crippen LogP contribution >= 0.6 is 0 Å². The van der Waals surface area contributed by atoms with E-state index in [1.165, 1.54) is 20.3 Å². The summed E-state index contributed by atoms with van der Waals surface area (Å²) in [6, 6.07) is 12.9. The van der Waals surface area contributed by atoms with Crippen LogP contribution in [0.3, 0.4) is 0 Å². The molecule has 0 radical (unpaired) electrons. The fourth-order valence-corrected chi connectivity index (χ4v) is 2.93. The number of hydrogen-bond donors (Lipinski definition) is 0. The first-order valence-electron chi connectivity index (χ1n) is 7.05. The predicted octanol–water partition coefficient (Wildman–Crippen LogP) is 4.81. The number of ether oxygens (including phenoxy) is 2. The molecule has 0 N–H and O–H groups in total. The third-order valence-corrected chi connectivity index (χ3v) is 3.94. The van der Waals surface area contributed by atoms with Crippen molar-refractivity contribution in [2.45, 2.75) is 12.3 Å². The molecule has 2 aromatic rings. The van der Waals surface area contributed by atoms with Gasteiger partial charge in [0.15, 0.2) is 0 Å². The second-order valence-electron chi connectivity index (χ2n) is 5.22. The lowest BCUT2D eigenvalue weighted by Gasteiger charge is -2.14. The first-order valence-corrected chi connectivity index (χ1v) is 7.05. The normalized spacial score (nSPS) is 17.3. The van der Waals surface area contributed by atoms with E-state index in [2.05, 4.69) is 0 Å². The number of hydrogen-bond acceptors (Lipinski definition) is 2. The monoisotopic (exact) mass is 320 g/mol. The zero-order valence-electron chi connectivity index (χ0n) is 12.6. The average molecular weight is 320 g/mol. The van der Waals surface area contributed by atoms with E-state index in [0.717, 1.165) is 17.7 Å². The van der Waals surface area contributed by atoms with Gasteiger partial charge in [-0.2, -0.15) is 13.2 Å². The molecule has 0 bridgehead atoms. The molecule has 0 aliphatic heterocycles. The number of benzene rings is 2. The van der Waals surface area contributed by atoms with Gasteiger partial charge in [0.1, 0.15) is 11.9 Å². The third kappa shape index (κ3) is 2.61. The van der Waals surface area contributed by atoms with E-state index in [1.54, 1.807) is 0 Å². The van der Waals surface area contributed by atoms with E-state index < -0.39 is 17.8 Å². The molecular weight excluding hydrogens is 305 g/mol. The maximum absolute atomic E-state index is 13.1. The minimum absolute atomic E-state index is 0.495. The van der Waals surface area contributed by atoms with Crippen molar-refractivity contribution in [3.8, 4) is 0 Å². The molecule has 1 atom stereocenters. The van der Waals surface area contributed by atoms with Crippen LogP contribution in [0.15, 0.2) is 54.3 Å². The Labute approximate surface area is 132 Å². The van der Waals surface area contributed by atoms with E-state index in [0.29, 0.717) is 22.5 Å². The van der Waals surface area contributed by atoms with Gasteiger partial charge in [0.05, 0.1) is 12.7 Å². The highest BCUT2D eigenvalue weighted by atomic mass is 19.4. The minimum atomic E-state index is -4.39. The number of alkyl halides is 3. The smallest absolute Gasteiger partial charge is 0.416 e. The summed E-state index contributed by atoms with van der Waals surface area (Å²) in [7, 11) is 3.01. The Balaban J connectivity index is 2.25. The summed E-state index contributed by atoms with van der Waals surface area (Å²) >= 11 is 0. The molecule has 1 aliphatic rings. The lowest BCUT2D eigenvalue weighted by atomic mass is 9.97. The Kier molecular flexibility index (Phi) is 3.90. The number of fused-ring (bicyclic) bond motifs is 1.